The fraction of sp³-hybridized carbons (Fsp3) is 0.500. The zero-order chi connectivity index (χ0) is 12.2. The fourth-order valence-electron chi connectivity index (χ4n) is 1.53. The van der Waals surface area contributed by atoms with Crippen molar-refractivity contribution in [3.63, 3.8) is 0 Å². The normalized spacial score (nSPS) is 11.5. The lowest BCUT2D eigenvalue weighted by Gasteiger charge is -2.19. The van der Waals surface area contributed by atoms with Gasteiger partial charge in [0, 0.05) is 17.9 Å². The molecule has 0 saturated heterocycles. The molecule has 88 valence electrons. The number of carbonyl (C=O) groups is 1. The van der Waals surface area contributed by atoms with Crippen LogP contribution in [0, 0.1) is 0 Å². The van der Waals surface area contributed by atoms with Gasteiger partial charge >= 0.3 is 0 Å². The number of Topliss-reactive ketones (excluding diaryl/α,β-unsaturated/α-hetero) is 1. The molecule has 1 nitrogen and oxygen atoms in total. The van der Waals surface area contributed by atoms with Crippen LogP contribution in [0.4, 0.5) is 0 Å². The molecule has 1 aromatic carbocycles. The molecule has 1 aromatic rings. The maximum absolute atomic E-state index is 11.8. The van der Waals surface area contributed by atoms with E-state index in [1.165, 1.54) is 5.56 Å². The largest absolute Gasteiger partial charge is 0.294 e. The Balaban J connectivity index is 2.86. The molecule has 0 amide bonds. The van der Waals surface area contributed by atoms with Crippen molar-refractivity contribution in [3.8, 4) is 0 Å². The Bertz CT molecular complexity index is 363. The van der Waals surface area contributed by atoms with Crippen molar-refractivity contribution in [2.45, 2.75) is 39.0 Å². The van der Waals surface area contributed by atoms with E-state index in [0.29, 0.717) is 12.3 Å². The van der Waals surface area contributed by atoms with Crippen molar-refractivity contribution in [1.82, 2.24) is 0 Å². The summed E-state index contributed by atoms with van der Waals surface area (Å²) in [5.41, 5.74) is 2.09. The van der Waals surface area contributed by atoms with Crippen LogP contribution in [0.2, 0.25) is 0 Å². The van der Waals surface area contributed by atoms with E-state index in [-0.39, 0.29) is 11.2 Å². The number of hydrogen-bond acceptors (Lipinski definition) is 1. The van der Waals surface area contributed by atoms with Gasteiger partial charge in [0.25, 0.3) is 0 Å². The Morgan fingerprint density at radius 3 is 2.56 bits per heavy atom. The molecule has 0 saturated carbocycles. The average Bonchev–Trinajstić information content (AvgIpc) is 2.25. The molecular weight excluding hydrogens is 220 g/mol. The van der Waals surface area contributed by atoms with E-state index in [4.69, 9.17) is 11.6 Å². The van der Waals surface area contributed by atoms with Crippen LogP contribution in [0.3, 0.4) is 0 Å². The molecule has 0 spiro atoms. The highest BCUT2D eigenvalue weighted by Gasteiger charge is 2.15. The second-order valence-corrected chi connectivity index (χ2v) is 5.42. The van der Waals surface area contributed by atoms with Crippen LogP contribution >= 0.6 is 11.6 Å². The molecule has 1 rings (SSSR count). The molecule has 0 heterocycles. The van der Waals surface area contributed by atoms with E-state index in [1.807, 2.05) is 18.2 Å². The van der Waals surface area contributed by atoms with E-state index >= 15 is 0 Å². The minimum atomic E-state index is 0.0861. The summed E-state index contributed by atoms with van der Waals surface area (Å²) < 4.78 is 0. The third-order valence-corrected chi connectivity index (χ3v) is 2.86. The van der Waals surface area contributed by atoms with Gasteiger partial charge in [-0.3, -0.25) is 4.79 Å². The Morgan fingerprint density at radius 1 is 1.31 bits per heavy atom. The van der Waals surface area contributed by atoms with Crippen molar-refractivity contribution in [3.05, 3.63) is 35.4 Å². The van der Waals surface area contributed by atoms with Crippen molar-refractivity contribution < 1.29 is 4.79 Å². The molecule has 0 fully saturated rings. The van der Waals surface area contributed by atoms with Gasteiger partial charge in [0.1, 0.15) is 0 Å². The molecule has 0 aliphatic heterocycles. The van der Waals surface area contributed by atoms with Crippen LogP contribution in [0.5, 0.6) is 0 Å². The number of rotatable bonds is 4. The van der Waals surface area contributed by atoms with Gasteiger partial charge < -0.3 is 0 Å². The van der Waals surface area contributed by atoms with Crippen LogP contribution in [-0.4, -0.2) is 11.7 Å². The molecule has 0 aliphatic rings. The Labute approximate surface area is 103 Å². The number of hydrogen-bond donors (Lipinski definition) is 0. The minimum absolute atomic E-state index is 0.0861. The first-order chi connectivity index (χ1) is 7.45. The maximum Gasteiger partial charge on any atom is 0.162 e. The standard InChI is InChI=1S/C14H19ClO/c1-14(2,3)12-7-4-6-11(10-12)13(16)8-5-9-15/h4,6-7,10H,5,8-9H2,1-3H3. The van der Waals surface area contributed by atoms with Gasteiger partial charge in [-0.05, 0) is 23.5 Å². The van der Waals surface area contributed by atoms with Crippen LogP contribution in [0.25, 0.3) is 0 Å². The molecule has 0 aliphatic carbocycles. The summed E-state index contributed by atoms with van der Waals surface area (Å²) in [7, 11) is 0. The van der Waals surface area contributed by atoms with Gasteiger partial charge in [0.2, 0.25) is 0 Å². The van der Waals surface area contributed by atoms with Gasteiger partial charge in [-0.2, -0.15) is 0 Å². The van der Waals surface area contributed by atoms with E-state index in [9.17, 15) is 4.79 Å². The lowest BCUT2D eigenvalue weighted by atomic mass is 9.85. The lowest BCUT2D eigenvalue weighted by molar-refractivity contribution is 0.0982. The van der Waals surface area contributed by atoms with E-state index < -0.39 is 0 Å². The van der Waals surface area contributed by atoms with Crippen LogP contribution in [-0.2, 0) is 5.41 Å². The van der Waals surface area contributed by atoms with E-state index in [2.05, 4.69) is 26.8 Å². The monoisotopic (exact) mass is 238 g/mol. The van der Waals surface area contributed by atoms with Crippen molar-refractivity contribution >= 4 is 17.4 Å². The summed E-state index contributed by atoms with van der Waals surface area (Å²) in [6.45, 7) is 6.44. The first-order valence-electron chi connectivity index (χ1n) is 5.65. The lowest BCUT2D eigenvalue weighted by Crippen LogP contribution is -2.12. The van der Waals surface area contributed by atoms with E-state index in [0.717, 1.165) is 12.0 Å². The smallest absolute Gasteiger partial charge is 0.162 e. The molecule has 2 heteroatoms. The first kappa shape index (κ1) is 13.2. The minimum Gasteiger partial charge on any atom is -0.294 e. The molecule has 0 unspecified atom stereocenters. The molecule has 0 aromatic heterocycles. The summed E-state index contributed by atoms with van der Waals surface area (Å²) in [5, 5.41) is 0. The van der Waals surface area contributed by atoms with Gasteiger partial charge in [-0.25, -0.2) is 0 Å². The van der Waals surface area contributed by atoms with Crippen LogP contribution < -0.4 is 0 Å². The SMILES string of the molecule is CC(C)(C)c1cccc(C(=O)CCCCl)c1. The summed E-state index contributed by atoms with van der Waals surface area (Å²) in [5.74, 6) is 0.733. The third kappa shape index (κ3) is 3.64. The topological polar surface area (TPSA) is 17.1 Å². The van der Waals surface area contributed by atoms with Crippen molar-refractivity contribution in [2.75, 3.05) is 5.88 Å². The zero-order valence-corrected chi connectivity index (χ0v) is 11.0. The zero-order valence-electron chi connectivity index (χ0n) is 10.2. The Morgan fingerprint density at radius 2 is 2.00 bits per heavy atom. The quantitative estimate of drug-likeness (QED) is 0.568. The second-order valence-electron chi connectivity index (χ2n) is 5.05. The summed E-state index contributed by atoms with van der Waals surface area (Å²) in [6, 6.07) is 7.90. The second kappa shape index (κ2) is 5.49. The number of ketones is 1. The van der Waals surface area contributed by atoms with Crippen LogP contribution in [0.1, 0.15) is 49.5 Å². The average molecular weight is 239 g/mol. The number of carbonyl (C=O) groups excluding carboxylic acids is 1. The maximum atomic E-state index is 11.8. The van der Waals surface area contributed by atoms with Gasteiger partial charge in [-0.1, -0.05) is 39.0 Å². The van der Waals surface area contributed by atoms with E-state index in [1.54, 1.807) is 0 Å². The van der Waals surface area contributed by atoms with Crippen molar-refractivity contribution in [2.24, 2.45) is 0 Å². The predicted molar refractivity (Wildman–Crippen MR) is 69.4 cm³/mol. The number of alkyl halides is 1. The van der Waals surface area contributed by atoms with Crippen molar-refractivity contribution in [1.29, 1.82) is 0 Å². The number of benzene rings is 1. The highest BCUT2D eigenvalue weighted by atomic mass is 35.5. The van der Waals surface area contributed by atoms with Gasteiger partial charge in [-0.15, -0.1) is 11.6 Å². The highest BCUT2D eigenvalue weighted by molar-refractivity contribution is 6.18. The highest BCUT2D eigenvalue weighted by Crippen LogP contribution is 2.23. The molecule has 0 radical (unpaired) electrons. The molecule has 0 atom stereocenters. The summed E-state index contributed by atoms with van der Waals surface area (Å²) in [6.07, 6.45) is 1.29. The first-order valence-corrected chi connectivity index (χ1v) is 6.18. The Hall–Kier alpha value is -0.820. The fourth-order valence-corrected chi connectivity index (χ4v) is 1.66. The summed E-state index contributed by atoms with van der Waals surface area (Å²) in [4.78, 5) is 11.8. The molecule has 0 N–H and O–H groups in total. The molecular formula is C14H19ClO. The Kier molecular flexibility index (Phi) is 4.55. The third-order valence-electron chi connectivity index (χ3n) is 2.59. The predicted octanol–water partition coefficient (Wildman–Crippen LogP) is 4.19. The van der Waals surface area contributed by atoms with Gasteiger partial charge in [0.05, 0.1) is 0 Å². The van der Waals surface area contributed by atoms with Crippen LogP contribution in [0.15, 0.2) is 24.3 Å². The summed E-state index contributed by atoms with van der Waals surface area (Å²) >= 11 is 5.58. The van der Waals surface area contributed by atoms with Gasteiger partial charge in [0.15, 0.2) is 5.78 Å². The molecule has 0 bridgehead atoms. The number of halogens is 1. The molecule has 16 heavy (non-hydrogen) atoms.